The van der Waals surface area contributed by atoms with Crippen molar-refractivity contribution < 1.29 is 27.5 Å². The van der Waals surface area contributed by atoms with Crippen LogP contribution in [0.15, 0.2) is 47.4 Å². The van der Waals surface area contributed by atoms with Gasteiger partial charge in [0.1, 0.15) is 6.10 Å². The first kappa shape index (κ1) is 24.2. The van der Waals surface area contributed by atoms with Crippen LogP contribution in [-0.2, 0) is 24.3 Å². The van der Waals surface area contributed by atoms with Gasteiger partial charge >= 0.3 is 6.09 Å². The smallest absolute Gasteiger partial charge is 0.414 e. The Balaban J connectivity index is 1.74. The molecule has 2 aromatic carbocycles. The Morgan fingerprint density at radius 1 is 1.06 bits per heavy atom. The van der Waals surface area contributed by atoms with E-state index in [-0.39, 0.29) is 29.5 Å². The molecule has 1 atom stereocenters. The molecule has 2 aromatic rings. The van der Waals surface area contributed by atoms with Gasteiger partial charge in [-0.05, 0) is 49.4 Å². The second-order valence-corrected chi connectivity index (χ2v) is 10.4. The van der Waals surface area contributed by atoms with Gasteiger partial charge < -0.3 is 14.4 Å². The van der Waals surface area contributed by atoms with Gasteiger partial charge in [0.2, 0.25) is 15.9 Å². The maximum atomic E-state index is 13.2. The SMILES string of the molecule is CNS(=O)(=O)c1cccc(-c2ccc3c(c2)N(C(=O)OC2CCOCC2)C[C@H](C)N3C(C)=O)c1. The van der Waals surface area contributed by atoms with Crippen molar-refractivity contribution >= 4 is 33.4 Å². The molecule has 0 bridgehead atoms. The predicted molar refractivity (Wildman–Crippen MR) is 128 cm³/mol. The van der Waals surface area contributed by atoms with Crippen LogP contribution >= 0.6 is 0 Å². The summed E-state index contributed by atoms with van der Waals surface area (Å²) in [5.41, 5.74) is 2.54. The quantitative estimate of drug-likeness (QED) is 0.710. The van der Waals surface area contributed by atoms with Gasteiger partial charge in [-0.2, -0.15) is 0 Å². The van der Waals surface area contributed by atoms with E-state index in [0.717, 1.165) is 0 Å². The number of amides is 2. The molecule has 1 fully saturated rings. The van der Waals surface area contributed by atoms with Gasteiger partial charge in [-0.1, -0.05) is 18.2 Å². The number of ether oxygens (including phenoxy) is 2. The summed E-state index contributed by atoms with van der Waals surface area (Å²) in [5, 5.41) is 0. The number of carbonyl (C=O) groups is 2. The molecule has 0 aliphatic carbocycles. The molecule has 2 aliphatic heterocycles. The summed E-state index contributed by atoms with van der Waals surface area (Å²) in [6.07, 6.45) is 0.618. The van der Waals surface area contributed by atoms with E-state index in [1.807, 2.05) is 13.0 Å². The number of hydrogen-bond donors (Lipinski definition) is 1. The Kier molecular flexibility index (Phi) is 6.92. The van der Waals surface area contributed by atoms with E-state index in [1.165, 1.54) is 20.0 Å². The zero-order valence-corrected chi connectivity index (χ0v) is 20.3. The van der Waals surface area contributed by atoms with Crippen LogP contribution in [-0.4, -0.2) is 59.4 Å². The molecular weight excluding hydrogens is 458 g/mol. The lowest BCUT2D eigenvalue weighted by Crippen LogP contribution is -2.52. The molecule has 0 spiro atoms. The third kappa shape index (κ3) is 4.79. The first-order chi connectivity index (χ1) is 16.2. The lowest BCUT2D eigenvalue weighted by Gasteiger charge is -2.41. The highest BCUT2D eigenvalue weighted by molar-refractivity contribution is 7.89. The normalized spacial score (nSPS) is 19.0. The molecule has 9 nitrogen and oxygen atoms in total. The molecule has 34 heavy (non-hydrogen) atoms. The monoisotopic (exact) mass is 487 g/mol. The average Bonchev–Trinajstić information content (AvgIpc) is 2.83. The zero-order chi connectivity index (χ0) is 24.5. The van der Waals surface area contributed by atoms with Crippen molar-refractivity contribution in [2.24, 2.45) is 0 Å². The fourth-order valence-electron chi connectivity index (χ4n) is 4.42. The first-order valence-corrected chi connectivity index (χ1v) is 12.7. The fourth-order valence-corrected chi connectivity index (χ4v) is 5.19. The third-order valence-corrected chi connectivity index (χ3v) is 7.57. The van der Waals surface area contributed by atoms with Crippen molar-refractivity contribution in [3.63, 3.8) is 0 Å². The molecular formula is C24H29N3O6S. The van der Waals surface area contributed by atoms with E-state index in [0.29, 0.717) is 48.6 Å². The van der Waals surface area contributed by atoms with Gasteiger partial charge in [0, 0.05) is 26.3 Å². The molecule has 0 aromatic heterocycles. The van der Waals surface area contributed by atoms with Crippen molar-refractivity contribution in [2.45, 2.75) is 43.7 Å². The number of carbonyl (C=O) groups excluding carboxylic acids is 2. The number of fused-ring (bicyclic) bond motifs is 1. The predicted octanol–water partition coefficient (Wildman–Crippen LogP) is 3.14. The summed E-state index contributed by atoms with van der Waals surface area (Å²) >= 11 is 0. The van der Waals surface area contributed by atoms with Crippen molar-refractivity contribution in [1.82, 2.24) is 4.72 Å². The van der Waals surface area contributed by atoms with E-state index >= 15 is 0 Å². The topological polar surface area (TPSA) is 105 Å². The van der Waals surface area contributed by atoms with Gasteiger partial charge in [-0.15, -0.1) is 0 Å². The average molecular weight is 488 g/mol. The van der Waals surface area contributed by atoms with Gasteiger partial charge in [-0.25, -0.2) is 17.9 Å². The van der Waals surface area contributed by atoms with Crippen LogP contribution in [0.5, 0.6) is 0 Å². The van der Waals surface area contributed by atoms with Crippen LogP contribution in [0.3, 0.4) is 0 Å². The number of nitrogens with zero attached hydrogens (tertiary/aromatic N) is 2. The van der Waals surface area contributed by atoms with Gasteiger partial charge in [0.25, 0.3) is 0 Å². The Labute approximate surface area is 199 Å². The van der Waals surface area contributed by atoms with Crippen molar-refractivity contribution in [3.8, 4) is 11.1 Å². The van der Waals surface area contributed by atoms with Crippen molar-refractivity contribution in [2.75, 3.05) is 36.6 Å². The number of anilines is 2. The summed E-state index contributed by atoms with van der Waals surface area (Å²) in [4.78, 5) is 29.0. The van der Waals surface area contributed by atoms with Gasteiger partial charge in [-0.3, -0.25) is 9.69 Å². The Hall–Kier alpha value is -2.95. The van der Waals surface area contributed by atoms with E-state index in [9.17, 15) is 18.0 Å². The van der Waals surface area contributed by atoms with Crippen molar-refractivity contribution in [3.05, 3.63) is 42.5 Å². The molecule has 1 N–H and O–H groups in total. The molecule has 4 rings (SSSR count). The van der Waals surface area contributed by atoms with Crippen molar-refractivity contribution in [1.29, 1.82) is 0 Å². The minimum atomic E-state index is -3.61. The molecule has 0 unspecified atom stereocenters. The Bertz CT molecular complexity index is 1190. The van der Waals surface area contributed by atoms with Crippen LogP contribution in [0.25, 0.3) is 11.1 Å². The van der Waals surface area contributed by atoms with E-state index < -0.39 is 16.1 Å². The molecule has 2 amide bonds. The molecule has 0 radical (unpaired) electrons. The second-order valence-electron chi connectivity index (χ2n) is 8.48. The van der Waals surface area contributed by atoms with Crippen LogP contribution in [0.2, 0.25) is 0 Å². The van der Waals surface area contributed by atoms with Crippen LogP contribution in [0, 0.1) is 0 Å². The second kappa shape index (κ2) is 9.73. The molecule has 182 valence electrons. The summed E-state index contributed by atoms with van der Waals surface area (Å²) in [5.74, 6) is -0.124. The number of hydrogen-bond acceptors (Lipinski definition) is 6. The van der Waals surface area contributed by atoms with E-state index in [2.05, 4.69) is 4.72 Å². The molecule has 0 saturated carbocycles. The number of nitrogens with one attached hydrogen (secondary N) is 1. The van der Waals surface area contributed by atoms with E-state index in [4.69, 9.17) is 9.47 Å². The van der Waals surface area contributed by atoms with E-state index in [1.54, 1.807) is 40.1 Å². The van der Waals surface area contributed by atoms with Gasteiger partial charge in [0.05, 0.1) is 35.5 Å². The molecule has 10 heteroatoms. The highest BCUT2D eigenvalue weighted by Crippen LogP contribution is 2.39. The molecule has 1 saturated heterocycles. The number of benzene rings is 2. The fraction of sp³-hybridized carbons (Fsp3) is 0.417. The highest BCUT2D eigenvalue weighted by Gasteiger charge is 2.35. The first-order valence-electron chi connectivity index (χ1n) is 11.2. The largest absolute Gasteiger partial charge is 0.446 e. The van der Waals surface area contributed by atoms with Crippen LogP contribution in [0.4, 0.5) is 16.2 Å². The maximum Gasteiger partial charge on any atom is 0.414 e. The standard InChI is InChI=1S/C24H29N3O6S/c1-16-15-26(24(29)33-20-9-11-32-12-10-20)23-14-19(7-8-22(23)27(16)17(2)28)18-5-4-6-21(13-18)34(30,31)25-3/h4-8,13-14,16,20,25H,9-12,15H2,1-3H3/t16-/m0/s1. The lowest BCUT2D eigenvalue weighted by atomic mass is 10.0. The lowest BCUT2D eigenvalue weighted by molar-refractivity contribution is -0.117. The maximum absolute atomic E-state index is 13.2. The molecule has 2 heterocycles. The third-order valence-electron chi connectivity index (χ3n) is 6.16. The Morgan fingerprint density at radius 2 is 1.76 bits per heavy atom. The summed E-state index contributed by atoms with van der Waals surface area (Å²) in [6.45, 7) is 4.78. The van der Waals surface area contributed by atoms with Crippen LogP contribution < -0.4 is 14.5 Å². The summed E-state index contributed by atoms with van der Waals surface area (Å²) in [7, 11) is -2.25. The van der Waals surface area contributed by atoms with Gasteiger partial charge in [0.15, 0.2) is 0 Å². The minimum absolute atomic E-state index is 0.124. The zero-order valence-electron chi connectivity index (χ0n) is 19.5. The molecule has 2 aliphatic rings. The summed E-state index contributed by atoms with van der Waals surface area (Å²) in [6, 6.07) is 11.7. The number of sulfonamides is 1. The summed E-state index contributed by atoms with van der Waals surface area (Å²) < 4.78 is 38.0. The highest BCUT2D eigenvalue weighted by atomic mass is 32.2. The Morgan fingerprint density at radius 3 is 2.44 bits per heavy atom. The number of rotatable bonds is 4. The van der Waals surface area contributed by atoms with Crippen LogP contribution in [0.1, 0.15) is 26.7 Å². The minimum Gasteiger partial charge on any atom is -0.446 e.